The molecule has 0 radical (unpaired) electrons. The molecule has 1 amide bonds. The number of rotatable bonds is 8. The summed E-state index contributed by atoms with van der Waals surface area (Å²) in [4.78, 5) is 21.4. The van der Waals surface area contributed by atoms with Crippen LogP contribution < -0.4 is 10.1 Å². The van der Waals surface area contributed by atoms with Crippen LogP contribution in [0.2, 0.25) is 0 Å². The SMILES string of the molecule is CC(C)[C@@H](NC(=O)C[C@H]1C[C@H]1c1nc2ccccc2[nH]1)c1ccc(OCC(F)(F)F)s1. The number of hydrogen-bond acceptors (Lipinski definition) is 4. The number of thiophene rings is 1. The molecule has 3 aromatic rings. The molecule has 3 atom stereocenters. The van der Waals surface area contributed by atoms with Crippen molar-refractivity contribution in [3.63, 3.8) is 0 Å². The van der Waals surface area contributed by atoms with Crippen molar-refractivity contribution in [3.8, 4) is 5.06 Å². The van der Waals surface area contributed by atoms with Gasteiger partial charge in [0.05, 0.1) is 17.1 Å². The molecule has 1 fully saturated rings. The molecule has 2 heterocycles. The number of carbonyl (C=O) groups excluding carboxylic acids is 1. The number of halogens is 3. The Kier molecular flexibility index (Phi) is 5.96. The number of imidazole rings is 1. The molecular formula is C22H24F3N3O2S. The van der Waals surface area contributed by atoms with Gasteiger partial charge in [-0.3, -0.25) is 4.79 Å². The number of ether oxygens (including phenoxy) is 1. The predicted octanol–water partition coefficient (Wildman–Crippen LogP) is 5.57. The van der Waals surface area contributed by atoms with E-state index in [0.29, 0.717) is 6.42 Å². The van der Waals surface area contributed by atoms with Gasteiger partial charge in [0.25, 0.3) is 0 Å². The van der Waals surface area contributed by atoms with Gasteiger partial charge in [-0.25, -0.2) is 4.98 Å². The average molecular weight is 452 g/mol. The Morgan fingerprint density at radius 1 is 1.29 bits per heavy atom. The maximum absolute atomic E-state index is 12.7. The Balaban J connectivity index is 1.34. The molecular weight excluding hydrogens is 427 g/mol. The Morgan fingerprint density at radius 3 is 2.77 bits per heavy atom. The van der Waals surface area contributed by atoms with E-state index in [9.17, 15) is 18.0 Å². The third kappa shape index (κ3) is 5.39. The highest BCUT2D eigenvalue weighted by Gasteiger charge is 2.42. The lowest BCUT2D eigenvalue weighted by atomic mass is 10.0. The molecule has 9 heteroatoms. The van der Waals surface area contributed by atoms with Crippen LogP contribution in [0.25, 0.3) is 11.0 Å². The number of aromatic amines is 1. The number of amides is 1. The molecule has 1 aromatic carbocycles. The lowest BCUT2D eigenvalue weighted by molar-refractivity contribution is -0.152. The van der Waals surface area contributed by atoms with Crippen LogP contribution >= 0.6 is 11.3 Å². The fraction of sp³-hybridized carbons (Fsp3) is 0.455. The number of aromatic nitrogens is 2. The lowest BCUT2D eigenvalue weighted by Gasteiger charge is -2.21. The van der Waals surface area contributed by atoms with E-state index in [-0.39, 0.29) is 34.8 Å². The Bertz CT molecular complexity index is 1030. The second-order valence-corrected chi connectivity index (χ2v) is 9.37. The predicted molar refractivity (Wildman–Crippen MR) is 113 cm³/mol. The first-order valence-electron chi connectivity index (χ1n) is 10.2. The molecule has 0 spiro atoms. The third-order valence-electron chi connectivity index (χ3n) is 5.40. The highest BCUT2D eigenvalue weighted by atomic mass is 32.1. The first kappa shape index (κ1) is 21.7. The molecule has 2 aromatic heterocycles. The quantitative estimate of drug-likeness (QED) is 0.470. The summed E-state index contributed by atoms with van der Waals surface area (Å²) in [6.07, 6.45) is -3.07. The average Bonchev–Trinajstić information content (AvgIpc) is 3.12. The molecule has 0 unspecified atom stereocenters. The van der Waals surface area contributed by atoms with E-state index in [1.807, 2.05) is 38.1 Å². The Labute approximate surface area is 182 Å². The van der Waals surface area contributed by atoms with E-state index < -0.39 is 12.8 Å². The number of carbonyl (C=O) groups is 1. The molecule has 0 aliphatic heterocycles. The molecule has 0 bridgehead atoms. The van der Waals surface area contributed by atoms with Crippen molar-refractivity contribution in [1.29, 1.82) is 0 Å². The molecule has 1 aliphatic carbocycles. The van der Waals surface area contributed by atoms with Gasteiger partial charge in [0.1, 0.15) is 5.82 Å². The van der Waals surface area contributed by atoms with Crippen LogP contribution in [-0.4, -0.2) is 28.7 Å². The Morgan fingerprint density at radius 2 is 2.06 bits per heavy atom. The summed E-state index contributed by atoms with van der Waals surface area (Å²) >= 11 is 1.13. The van der Waals surface area contributed by atoms with Gasteiger partial charge in [-0.2, -0.15) is 13.2 Å². The van der Waals surface area contributed by atoms with Crippen LogP contribution in [0.4, 0.5) is 13.2 Å². The fourth-order valence-corrected chi connectivity index (χ4v) is 4.81. The number of H-pyrrole nitrogens is 1. The van der Waals surface area contributed by atoms with Crippen molar-refractivity contribution in [1.82, 2.24) is 15.3 Å². The first-order chi connectivity index (χ1) is 14.7. The minimum Gasteiger partial charge on any atom is -0.475 e. The first-order valence-corrected chi connectivity index (χ1v) is 11.0. The van der Waals surface area contributed by atoms with Crippen molar-refractivity contribution in [2.45, 2.75) is 44.8 Å². The van der Waals surface area contributed by atoms with Crippen LogP contribution in [-0.2, 0) is 4.79 Å². The van der Waals surface area contributed by atoms with Crippen molar-refractivity contribution < 1.29 is 22.7 Å². The van der Waals surface area contributed by atoms with E-state index in [2.05, 4.69) is 15.3 Å². The van der Waals surface area contributed by atoms with E-state index in [0.717, 1.165) is 39.5 Å². The summed E-state index contributed by atoms with van der Waals surface area (Å²) in [5, 5.41) is 3.25. The smallest absolute Gasteiger partial charge is 0.422 e. The standard InChI is InChI=1S/C22H24F3N3O2S/c1-12(2)20(17-7-8-19(31-17)30-11-22(23,24)25)28-18(29)10-13-9-14(13)21-26-15-5-3-4-6-16(15)27-21/h3-8,12-14,20H,9-11H2,1-2H3,(H,26,27)(H,28,29)/t13-,14-,20-/m1/s1. The van der Waals surface area contributed by atoms with Crippen LogP contribution in [0, 0.1) is 11.8 Å². The van der Waals surface area contributed by atoms with Gasteiger partial charge >= 0.3 is 6.18 Å². The number of hydrogen-bond donors (Lipinski definition) is 2. The summed E-state index contributed by atoms with van der Waals surface area (Å²) in [7, 11) is 0. The highest BCUT2D eigenvalue weighted by molar-refractivity contribution is 7.13. The summed E-state index contributed by atoms with van der Waals surface area (Å²) in [6.45, 7) is 2.61. The largest absolute Gasteiger partial charge is 0.475 e. The molecule has 31 heavy (non-hydrogen) atoms. The van der Waals surface area contributed by atoms with Gasteiger partial charge in [-0.1, -0.05) is 26.0 Å². The van der Waals surface area contributed by atoms with E-state index in [1.165, 1.54) is 6.07 Å². The minimum atomic E-state index is -4.38. The van der Waals surface area contributed by atoms with Gasteiger partial charge in [-0.05, 0) is 42.5 Å². The molecule has 1 saturated carbocycles. The summed E-state index contributed by atoms with van der Waals surface area (Å²) < 4.78 is 41.9. The molecule has 2 N–H and O–H groups in total. The van der Waals surface area contributed by atoms with Crippen LogP contribution in [0.5, 0.6) is 5.06 Å². The molecule has 0 saturated heterocycles. The van der Waals surface area contributed by atoms with Crippen molar-refractivity contribution in [3.05, 3.63) is 47.1 Å². The summed E-state index contributed by atoms with van der Waals surface area (Å²) in [5.41, 5.74) is 1.92. The van der Waals surface area contributed by atoms with Crippen LogP contribution in [0.3, 0.4) is 0 Å². The number of benzene rings is 1. The summed E-state index contributed by atoms with van der Waals surface area (Å²) in [6, 6.07) is 10.8. The fourth-order valence-electron chi connectivity index (χ4n) is 3.73. The number of fused-ring (bicyclic) bond motifs is 1. The van der Waals surface area contributed by atoms with Crippen molar-refractivity contribution in [2.24, 2.45) is 11.8 Å². The number of alkyl halides is 3. The lowest BCUT2D eigenvalue weighted by Crippen LogP contribution is -2.31. The monoisotopic (exact) mass is 451 g/mol. The van der Waals surface area contributed by atoms with Crippen LogP contribution in [0.15, 0.2) is 36.4 Å². The van der Waals surface area contributed by atoms with Gasteiger partial charge in [0.2, 0.25) is 5.91 Å². The highest BCUT2D eigenvalue weighted by Crippen LogP contribution is 2.49. The number of nitrogens with one attached hydrogen (secondary N) is 2. The number of para-hydroxylation sites is 2. The van der Waals surface area contributed by atoms with Gasteiger partial charge in [0, 0.05) is 17.2 Å². The van der Waals surface area contributed by atoms with Crippen molar-refractivity contribution >= 4 is 28.3 Å². The second kappa shape index (κ2) is 8.53. The van der Waals surface area contributed by atoms with E-state index >= 15 is 0 Å². The zero-order chi connectivity index (χ0) is 22.2. The molecule has 166 valence electrons. The minimum absolute atomic E-state index is 0.0616. The van der Waals surface area contributed by atoms with Crippen LogP contribution in [0.1, 0.15) is 49.4 Å². The molecule has 4 rings (SSSR count). The van der Waals surface area contributed by atoms with Gasteiger partial charge in [0.15, 0.2) is 11.7 Å². The third-order valence-corrected chi connectivity index (χ3v) is 6.48. The van der Waals surface area contributed by atoms with E-state index in [4.69, 9.17) is 4.74 Å². The van der Waals surface area contributed by atoms with E-state index in [1.54, 1.807) is 6.07 Å². The van der Waals surface area contributed by atoms with Gasteiger partial charge in [-0.15, -0.1) is 11.3 Å². The number of nitrogens with zero attached hydrogens (tertiary/aromatic N) is 1. The maximum atomic E-state index is 12.7. The topological polar surface area (TPSA) is 67.0 Å². The molecule has 1 aliphatic rings. The zero-order valence-electron chi connectivity index (χ0n) is 17.2. The maximum Gasteiger partial charge on any atom is 0.422 e. The van der Waals surface area contributed by atoms with Crippen molar-refractivity contribution in [2.75, 3.05) is 6.61 Å². The normalized spacial score (nSPS) is 19.5. The van der Waals surface area contributed by atoms with Gasteiger partial charge < -0.3 is 15.0 Å². The second-order valence-electron chi connectivity index (χ2n) is 8.30. The molecule has 5 nitrogen and oxygen atoms in total. The summed E-state index contributed by atoms with van der Waals surface area (Å²) in [5.74, 6) is 1.43. The Hall–Kier alpha value is -2.55. The zero-order valence-corrected chi connectivity index (χ0v) is 18.0.